The maximum Gasteiger partial charge on any atom is 0.340 e. The summed E-state index contributed by atoms with van der Waals surface area (Å²) in [5, 5.41) is 3.69. The van der Waals surface area contributed by atoms with Crippen LogP contribution in [0.4, 0.5) is 5.69 Å². The van der Waals surface area contributed by atoms with E-state index in [0.717, 1.165) is 6.21 Å². The summed E-state index contributed by atoms with van der Waals surface area (Å²) in [6.45, 7) is 1.39. The number of ketones is 1. The molecule has 0 radical (unpaired) electrons. The van der Waals surface area contributed by atoms with Crippen molar-refractivity contribution >= 4 is 23.7 Å². The van der Waals surface area contributed by atoms with Crippen LogP contribution in [0.25, 0.3) is 0 Å². The van der Waals surface area contributed by atoms with Crippen LogP contribution in [0, 0.1) is 0 Å². The Morgan fingerprint density at radius 1 is 1.38 bits per heavy atom. The Hall–Kier alpha value is -2.17. The molecular weight excluding hydrogens is 208 g/mol. The van der Waals surface area contributed by atoms with E-state index in [1.807, 2.05) is 0 Å². The molecule has 0 aliphatic heterocycles. The van der Waals surface area contributed by atoms with Crippen molar-refractivity contribution in [3.8, 4) is 0 Å². The van der Waals surface area contributed by atoms with Crippen LogP contribution in [0.15, 0.2) is 29.4 Å². The average molecular weight is 220 g/mol. The number of para-hydroxylation sites is 1. The van der Waals surface area contributed by atoms with Gasteiger partial charge in [0.2, 0.25) is 0 Å². The topological polar surface area (TPSA) is 67.8 Å². The Balaban J connectivity index is 2.87. The molecule has 16 heavy (non-hydrogen) atoms. The van der Waals surface area contributed by atoms with E-state index in [0.29, 0.717) is 11.3 Å². The second-order valence-corrected chi connectivity index (χ2v) is 3.02. The number of benzene rings is 1. The lowest BCUT2D eigenvalue weighted by Crippen LogP contribution is -2.05. The first kappa shape index (κ1) is 11.9. The van der Waals surface area contributed by atoms with Gasteiger partial charge in [0, 0.05) is 6.92 Å². The van der Waals surface area contributed by atoms with Gasteiger partial charge < -0.3 is 4.74 Å². The molecule has 1 N–H and O–H groups in total. The molecule has 0 atom stereocenters. The van der Waals surface area contributed by atoms with Gasteiger partial charge in [0.05, 0.1) is 24.6 Å². The molecule has 0 saturated carbocycles. The minimum absolute atomic E-state index is 0.178. The fourth-order valence-electron chi connectivity index (χ4n) is 1.06. The summed E-state index contributed by atoms with van der Waals surface area (Å²) < 4.78 is 4.61. The van der Waals surface area contributed by atoms with Crippen LogP contribution >= 0.6 is 0 Å². The lowest BCUT2D eigenvalue weighted by Gasteiger charge is -2.05. The van der Waals surface area contributed by atoms with Crippen LogP contribution in [0.3, 0.4) is 0 Å². The number of ether oxygens (including phenoxy) is 1. The number of esters is 1. The summed E-state index contributed by atoms with van der Waals surface area (Å²) in [4.78, 5) is 22.0. The van der Waals surface area contributed by atoms with Gasteiger partial charge in [-0.2, -0.15) is 5.10 Å². The van der Waals surface area contributed by atoms with Gasteiger partial charge in [-0.05, 0) is 12.1 Å². The summed E-state index contributed by atoms with van der Waals surface area (Å²) >= 11 is 0. The maximum absolute atomic E-state index is 11.4. The zero-order valence-electron chi connectivity index (χ0n) is 9.06. The SMILES string of the molecule is COC(=O)c1ccccc1N/N=C/C(C)=O. The summed E-state index contributed by atoms with van der Waals surface area (Å²) in [5.41, 5.74) is 3.47. The van der Waals surface area contributed by atoms with Crippen molar-refractivity contribution in [1.82, 2.24) is 0 Å². The maximum atomic E-state index is 11.4. The molecule has 5 nitrogen and oxygen atoms in total. The van der Waals surface area contributed by atoms with Gasteiger partial charge in [0.15, 0.2) is 5.78 Å². The van der Waals surface area contributed by atoms with Crippen molar-refractivity contribution in [3.63, 3.8) is 0 Å². The number of nitrogens with one attached hydrogen (secondary N) is 1. The van der Waals surface area contributed by atoms with E-state index in [9.17, 15) is 9.59 Å². The summed E-state index contributed by atoms with van der Waals surface area (Å²) in [7, 11) is 1.30. The van der Waals surface area contributed by atoms with Crippen LogP contribution < -0.4 is 5.43 Å². The van der Waals surface area contributed by atoms with Crippen molar-refractivity contribution in [2.75, 3.05) is 12.5 Å². The minimum atomic E-state index is -0.457. The van der Waals surface area contributed by atoms with Gasteiger partial charge in [-0.3, -0.25) is 10.2 Å². The molecule has 0 aliphatic rings. The van der Waals surface area contributed by atoms with Crippen molar-refractivity contribution in [3.05, 3.63) is 29.8 Å². The zero-order valence-corrected chi connectivity index (χ0v) is 9.06. The van der Waals surface area contributed by atoms with E-state index in [1.54, 1.807) is 24.3 Å². The van der Waals surface area contributed by atoms with Gasteiger partial charge in [0.25, 0.3) is 0 Å². The number of Topliss-reactive ketones (excluding diaryl/α,β-unsaturated/α-hetero) is 1. The molecule has 84 valence electrons. The molecule has 0 spiro atoms. The number of carbonyl (C=O) groups excluding carboxylic acids is 2. The van der Waals surface area contributed by atoms with E-state index >= 15 is 0 Å². The minimum Gasteiger partial charge on any atom is -0.465 e. The third-order valence-corrected chi connectivity index (χ3v) is 1.76. The molecule has 1 aromatic rings. The number of methoxy groups -OCH3 is 1. The Labute approximate surface area is 93.1 Å². The molecule has 1 aromatic carbocycles. The summed E-state index contributed by atoms with van der Waals surface area (Å²) in [6, 6.07) is 6.74. The van der Waals surface area contributed by atoms with E-state index in [4.69, 9.17) is 0 Å². The second-order valence-electron chi connectivity index (χ2n) is 3.02. The summed E-state index contributed by atoms with van der Waals surface area (Å²) in [6.07, 6.45) is 1.13. The van der Waals surface area contributed by atoms with Crippen molar-refractivity contribution < 1.29 is 14.3 Å². The monoisotopic (exact) mass is 220 g/mol. The van der Waals surface area contributed by atoms with Crippen molar-refractivity contribution in [1.29, 1.82) is 0 Å². The third-order valence-electron chi connectivity index (χ3n) is 1.76. The van der Waals surface area contributed by atoms with Crippen LogP contribution in [-0.2, 0) is 9.53 Å². The van der Waals surface area contributed by atoms with E-state index in [1.165, 1.54) is 14.0 Å². The number of anilines is 1. The van der Waals surface area contributed by atoms with Crippen LogP contribution in [0.5, 0.6) is 0 Å². The van der Waals surface area contributed by atoms with E-state index < -0.39 is 5.97 Å². The molecule has 5 heteroatoms. The van der Waals surface area contributed by atoms with E-state index in [2.05, 4.69) is 15.3 Å². The molecule has 0 amide bonds. The largest absolute Gasteiger partial charge is 0.465 e. The van der Waals surface area contributed by atoms with Crippen LogP contribution in [0.1, 0.15) is 17.3 Å². The van der Waals surface area contributed by atoms with Gasteiger partial charge in [-0.15, -0.1) is 0 Å². The highest BCUT2D eigenvalue weighted by atomic mass is 16.5. The van der Waals surface area contributed by atoms with Crippen molar-refractivity contribution in [2.24, 2.45) is 5.10 Å². The molecule has 0 bridgehead atoms. The molecule has 0 heterocycles. The first-order chi connectivity index (χ1) is 7.65. The number of hydrogen-bond acceptors (Lipinski definition) is 5. The predicted molar refractivity (Wildman–Crippen MR) is 60.6 cm³/mol. The number of hydrazone groups is 1. The van der Waals surface area contributed by atoms with Gasteiger partial charge in [0.1, 0.15) is 0 Å². The quantitative estimate of drug-likeness (QED) is 0.474. The zero-order chi connectivity index (χ0) is 12.0. The number of rotatable bonds is 4. The van der Waals surface area contributed by atoms with Gasteiger partial charge in [-0.25, -0.2) is 4.79 Å². The van der Waals surface area contributed by atoms with Gasteiger partial charge in [-0.1, -0.05) is 12.1 Å². The molecule has 0 fully saturated rings. The molecular formula is C11H12N2O3. The van der Waals surface area contributed by atoms with Crippen molar-refractivity contribution in [2.45, 2.75) is 6.92 Å². The Morgan fingerprint density at radius 3 is 2.69 bits per heavy atom. The fourth-order valence-corrected chi connectivity index (χ4v) is 1.06. The number of nitrogens with zero attached hydrogens (tertiary/aromatic N) is 1. The molecule has 0 saturated heterocycles. The Kier molecular flexibility index (Phi) is 4.20. The highest BCUT2D eigenvalue weighted by Gasteiger charge is 2.09. The average Bonchev–Trinajstić information content (AvgIpc) is 2.28. The molecule has 0 aromatic heterocycles. The Bertz CT molecular complexity index is 427. The first-order valence-corrected chi connectivity index (χ1v) is 4.62. The lowest BCUT2D eigenvalue weighted by molar-refractivity contribution is -0.110. The van der Waals surface area contributed by atoms with E-state index in [-0.39, 0.29) is 5.78 Å². The van der Waals surface area contributed by atoms with Crippen LogP contribution in [0.2, 0.25) is 0 Å². The predicted octanol–water partition coefficient (Wildman–Crippen LogP) is 1.46. The second kappa shape index (κ2) is 5.65. The molecule has 0 aliphatic carbocycles. The highest BCUT2D eigenvalue weighted by Crippen LogP contribution is 2.15. The third kappa shape index (κ3) is 3.20. The number of hydrogen-bond donors (Lipinski definition) is 1. The highest BCUT2D eigenvalue weighted by molar-refractivity contribution is 6.26. The van der Waals surface area contributed by atoms with Gasteiger partial charge >= 0.3 is 5.97 Å². The smallest absolute Gasteiger partial charge is 0.340 e. The Morgan fingerprint density at radius 2 is 2.06 bits per heavy atom. The normalized spacial score (nSPS) is 10.1. The number of carbonyl (C=O) groups is 2. The standard InChI is InChI=1S/C11H12N2O3/c1-8(14)7-12-13-10-6-4-3-5-9(10)11(15)16-2/h3-7,13H,1-2H3/b12-7+. The van der Waals surface area contributed by atoms with Crippen LogP contribution in [-0.4, -0.2) is 25.1 Å². The molecule has 0 unspecified atom stereocenters. The first-order valence-electron chi connectivity index (χ1n) is 4.62. The fraction of sp³-hybridized carbons (Fsp3) is 0.182. The summed E-state index contributed by atoms with van der Waals surface area (Å²) in [5.74, 6) is -0.635. The lowest BCUT2D eigenvalue weighted by atomic mass is 10.2. The molecule has 1 rings (SSSR count).